The van der Waals surface area contributed by atoms with Crippen LogP contribution in [0.1, 0.15) is 31.1 Å². The number of nitrogens with zero attached hydrogens (tertiary/aromatic N) is 4. The third kappa shape index (κ3) is 3.41. The molecule has 3 heterocycles. The number of amides is 1. The highest BCUT2D eigenvalue weighted by Crippen LogP contribution is 2.20. The summed E-state index contributed by atoms with van der Waals surface area (Å²) in [5.41, 5.74) is 1.80. The van der Waals surface area contributed by atoms with Gasteiger partial charge in [-0.15, -0.1) is 0 Å². The van der Waals surface area contributed by atoms with Gasteiger partial charge in [0.2, 0.25) is 0 Å². The summed E-state index contributed by atoms with van der Waals surface area (Å²) in [6, 6.07) is 0.950. The van der Waals surface area contributed by atoms with Crippen LogP contribution in [0.15, 0.2) is 18.6 Å². The number of pyridine rings is 1. The van der Waals surface area contributed by atoms with Gasteiger partial charge in [-0.1, -0.05) is 13.8 Å². The first kappa shape index (κ1) is 18.3. The normalized spacial score (nSPS) is 20.6. The van der Waals surface area contributed by atoms with E-state index in [9.17, 15) is 9.59 Å². The Kier molecular flexibility index (Phi) is 5.22. The van der Waals surface area contributed by atoms with Crippen molar-refractivity contribution in [2.45, 2.75) is 39.5 Å². The number of ether oxygens (including phenoxy) is 2. The van der Waals surface area contributed by atoms with Crippen molar-refractivity contribution in [2.75, 3.05) is 20.3 Å². The number of carbonyl (C=O) groups excluding carboxylic acids is 2. The van der Waals surface area contributed by atoms with Crippen molar-refractivity contribution in [1.29, 1.82) is 0 Å². The maximum absolute atomic E-state index is 13.0. The van der Waals surface area contributed by atoms with Crippen molar-refractivity contribution >= 4 is 23.0 Å². The van der Waals surface area contributed by atoms with Crippen LogP contribution in [0.4, 0.5) is 0 Å². The zero-order valence-electron chi connectivity index (χ0n) is 15.5. The lowest BCUT2D eigenvalue weighted by Crippen LogP contribution is -2.56. The zero-order chi connectivity index (χ0) is 18.8. The molecule has 140 valence electrons. The molecule has 1 saturated heterocycles. The summed E-state index contributed by atoms with van der Waals surface area (Å²) in [6.07, 6.45) is 2.85. The number of aromatic nitrogens is 3. The first-order valence-corrected chi connectivity index (χ1v) is 8.73. The van der Waals surface area contributed by atoms with Gasteiger partial charge in [0.25, 0.3) is 5.91 Å². The predicted octanol–water partition coefficient (Wildman–Crippen LogP) is 1.49. The van der Waals surface area contributed by atoms with Gasteiger partial charge >= 0.3 is 5.97 Å². The molecule has 0 radical (unpaired) electrons. The maximum atomic E-state index is 13.0. The molecule has 3 rings (SSSR count). The number of hydrogen-bond acceptors (Lipinski definition) is 6. The Balaban J connectivity index is 1.90. The molecule has 0 bridgehead atoms. The molecule has 0 spiro atoms. The largest absolute Gasteiger partial charge is 0.467 e. The van der Waals surface area contributed by atoms with Crippen LogP contribution < -0.4 is 0 Å². The number of rotatable bonds is 4. The quantitative estimate of drug-likeness (QED) is 0.768. The van der Waals surface area contributed by atoms with Gasteiger partial charge in [0, 0.05) is 19.3 Å². The number of hydrogen-bond donors (Lipinski definition) is 0. The molecule has 2 atom stereocenters. The Morgan fingerprint density at radius 1 is 1.38 bits per heavy atom. The van der Waals surface area contributed by atoms with Crippen LogP contribution in [0, 0.1) is 5.92 Å². The number of methoxy groups -OCH3 is 1. The van der Waals surface area contributed by atoms with E-state index in [1.807, 2.05) is 4.57 Å². The van der Waals surface area contributed by atoms with Crippen molar-refractivity contribution in [3.05, 3.63) is 24.2 Å². The number of fused-ring (bicyclic) bond motifs is 1. The second kappa shape index (κ2) is 7.41. The minimum Gasteiger partial charge on any atom is -0.467 e. The standard InChI is InChI=1S/C18H24N4O4/c1-11(2)9-21-10-20-14-7-13(8-19-16(14)21)17(23)22-5-6-26-12(3)15(22)18(24)25-4/h7-8,10-12,15H,5-6,9H2,1-4H3/t12-,15+/m1/s1. The highest BCUT2D eigenvalue weighted by atomic mass is 16.5. The Hall–Kier alpha value is -2.48. The van der Waals surface area contributed by atoms with Crippen LogP contribution in [0.5, 0.6) is 0 Å². The highest BCUT2D eigenvalue weighted by molar-refractivity contribution is 5.98. The van der Waals surface area contributed by atoms with Gasteiger partial charge in [-0.2, -0.15) is 0 Å². The molecule has 26 heavy (non-hydrogen) atoms. The Morgan fingerprint density at radius 3 is 2.85 bits per heavy atom. The van der Waals surface area contributed by atoms with Gasteiger partial charge in [0.05, 0.1) is 31.7 Å². The molecule has 0 N–H and O–H groups in total. The van der Waals surface area contributed by atoms with E-state index in [2.05, 4.69) is 23.8 Å². The van der Waals surface area contributed by atoms with Crippen LogP contribution >= 0.6 is 0 Å². The minimum atomic E-state index is -0.768. The zero-order valence-corrected chi connectivity index (χ0v) is 15.5. The van der Waals surface area contributed by atoms with Crippen molar-refractivity contribution in [1.82, 2.24) is 19.4 Å². The Labute approximate surface area is 152 Å². The van der Waals surface area contributed by atoms with E-state index >= 15 is 0 Å². The lowest BCUT2D eigenvalue weighted by atomic mass is 10.1. The smallest absolute Gasteiger partial charge is 0.331 e. The second-order valence-electron chi connectivity index (χ2n) is 6.90. The molecule has 0 aliphatic carbocycles. The molecule has 1 fully saturated rings. The molecule has 0 saturated carbocycles. The molecule has 1 aliphatic rings. The summed E-state index contributed by atoms with van der Waals surface area (Å²) in [7, 11) is 1.31. The maximum Gasteiger partial charge on any atom is 0.331 e. The van der Waals surface area contributed by atoms with Crippen LogP contribution in [-0.4, -0.2) is 63.7 Å². The lowest BCUT2D eigenvalue weighted by molar-refractivity contribution is -0.156. The SMILES string of the molecule is COC(=O)[C@@H]1[C@@H](C)OCCN1C(=O)c1cnc2c(c1)ncn2CC(C)C. The first-order valence-electron chi connectivity index (χ1n) is 8.73. The lowest BCUT2D eigenvalue weighted by Gasteiger charge is -2.37. The summed E-state index contributed by atoms with van der Waals surface area (Å²) >= 11 is 0. The summed E-state index contributed by atoms with van der Waals surface area (Å²) in [4.78, 5) is 35.4. The fourth-order valence-corrected chi connectivity index (χ4v) is 3.25. The van der Waals surface area contributed by atoms with E-state index in [4.69, 9.17) is 9.47 Å². The summed E-state index contributed by atoms with van der Waals surface area (Å²) in [5, 5.41) is 0. The topological polar surface area (TPSA) is 86.6 Å². The van der Waals surface area contributed by atoms with Gasteiger partial charge in [0.1, 0.15) is 5.52 Å². The van der Waals surface area contributed by atoms with Crippen LogP contribution in [0.25, 0.3) is 11.2 Å². The van der Waals surface area contributed by atoms with Crippen LogP contribution in [0.3, 0.4) is 0 Å². The minimum absolute atomic E-state index is 0.275. The summed E-state index contributed by atoms with van der Waals surface area (Å²) < 4.78 is 12.3. The molecule has 0 unspecified atom stereocenters. The van der Waals surface area contributed by atoms with Crippen molar-refractivity contribution in [3.63, 3.8) is 0 Å². The van der Waals surface area contributed by atoms with Crippen molar-refractivity contribution in [3.8, 4) is 0 Å². The molecule has 2 aromatic rings. The molecule has 8 nitrogen and oxygen atoms in total. The number of esters is 1. The van der Waals surface area contributed by atoms with Gasteiger partial charge in [-0.05, 0) is 18.9 Å². The molecular weight excluding hydrogens is 336 g/mol. The van der Waals surface area contributed by atoms with Gasteiger partial charge in [0.15, 0.2) is 11.7 Å². The van der Waals surface area contributed by atoms with E-state index in [-0.39, 0.29) is 5.91 Å². The second-order valence-corrected chi connectivity index (χ2v) is 6.90. The van der Waals surface area contributed by atoms with E-state index in [1.54, 1.807) is 19.3 Å². The van der Waals surface area contributed by atoms with Crippen molar-refractivity contribution < 1.29 is 19.1 Å². The number of carbonyl (C=O) groups is 2. The Morgan fingerprint density at radius 2 is 2.15 bits per heavy atom. The first-order chi connectivity index (χ1) is 12.4. The number of imidazole rings is 1. The predicted molar refractivity (Wildman–Crippen MR) is 94.6 cm³/mol. The van der Waals surface area contributed by atoms with E-state index in [0.717, 1.165) is 12.2 Å². The van der Waals surface area contributed by atoms with Gasteiger partial charge < -0.3 is 18.9 Å². The summed E-state index contributed by atoms with van der Waals surface area (Å²) in [5.74, 6) is -0.296. The van der Waals surface area contributed by atoms with Crippen molar-refractivity contribution in [2.24, 2.45) is 5.92 Å². The fourth-order valence-electron chi connectivity index (χ4n) is 3.25. The fraction of sp³-hybridized carbons (Fsp3) is 0.556. The third-order valence-electron chi connectivity index (χ3n) is 4.46. The van der Waals surface area contributed by atoms with E-state index in [1.165, 1.54) is 18.2 Å². The number of morpholine rings is 1. The molecule has 8 heteroatoms. The molecule has 1 amide bonds. The Bertz CT molecular complexity index is 817. The average Bonchev–Trinajstić information content (AvgIpc) is 3.01. The molecular formula is C18H24N4O4. The van der Waals surface area contributed by atoms with Crippen LogP contribution in [-0.2, 0) is 20.8 Å². The molecule has 1 aliphatic heterocycles. The van der Waals surface area contributed by atoms with Gasteiger partial charge in [-0.25, -0.2) is 14.8 Å². The van der Waals surface area contributed by atoms with E-state index < -0.39 is 18.1 Å². The average molecular weight is 360 g/mol. The van der Waals surface area contributed by atoms with Gasteiger partial charge in [-0.3, -0.25) is 4.79 Å². The van der Waals surface area contributed by atoms with Crippen LogP contribution in [0.2, 0.25) is 0 Å². The summed E-state index contributed by atoms with van der Waals surface area (Å²) in [6.45, 7) is 7.51. The third-order valence-corrected chi connectivity index (χ3v) is 4.46. The van der Waals surface area contributed by atoms with E-state index in [0.29, 0.717) is 30.1 Å². The monoisotopic (exact) mass is 360 g/mol. The molecule has 2 aromatic heterocycles. The highest BCUT2D eigenvalue weighted by Gasteiger charge is 2.39. The molecule has 0 aromatic carbocycles.